The van der Waals surface area contributed by atoms with Crippen molar-refractivity contribution in [3.8, 4) is 0 Å². The van der Waals surface area contributed by atoms with Crippen molar-refractivity contribution in [2.24, 2.45) is 0 Å². The third-order valence-corrected chi connectivity index (χ3v) is 1.25. The zero-order valence-electron chi connectivity index (χ0n) is 15.9. The fourth-order valence-corrected chi connectivity index (χ4v) is 0.704. The molecule has 0 atom stereocenters. The summed E-state index contributed by atoms with van der Waals surface area (Å²) in [5.74, 6) is 0. The molecule has 0 aromatic carbocycles. The molecule has 0 spiro atoms. The average Bonchev–Trinajstić information content (AvgIpc) is 2.30. The number of hydrogen-bond acceptors (Lipinski definition) is 17. The molecule has 32 heavy (non-hydrogen) atoms. The maximum atomic E-state index is 9.29. The van der Waals surface area contributed by atoms with Crippen LogP contribution in [0.3, 0.4) is 0 Å². The molecule has 24 heteroatoms. The van der Waals surface area contributed by atoms with Gasteiger partial charge in [0.05, 0.1) is 0 Å². The zero-order valence-corrected chi connectivity index (χ0v) is 32.0. The molecule has 0 aromatic rings. The quantitative estimate of drug-likeness (QED) is 0.0886. The second-order valence-corrected chi connectivity index (χ2v) is 21.9. The Labute approximate surface area is 274 Å². The normalized spacial score (nSPS) is 10.0. The van der Waals surface area contributed by atoms with E-state index in [0.717, 1.165) is 13.1 Å². The molecule has 0 aliphatic heterocycles. The molecule has 0 saturated heterocycles. The van der Waals surface area contributed by atoms with Crippen molar-refractivity contribution in [3.05, 3.63) is 12.7 Å². The fraction of sp³-hybridized carbons (Fsp3) is 0.750. The minimum Gasteiger partial charge on any atom is -0.850 e. The largest absolute Gasteiger partial charge is 4.00 e. The summed E-state index contributed by atoms with van der Waals surface area (Å²) in [5, 5.41) is 3.25. The number of unbranched alkanes of at least 4 members (excludes halogenated alkanes) is 2. The molecule has 0 heterocycles. The van der Waals surface area contributed by atoms with Crippen molar-refractivity contribution < 1.29 is 102 Å². The number of nitrogens with one attached hydrogen (secondary N) is 1. The second kappa shape index (κ2) is 34.5. The van der Waals surface area contributed by atoms with Crippen molar-refractivity contribution >= 4 is 119 Å². The molecule has 0 aliphatic rings. The summed E-state index contributed by atoms with van der Waals surface area (Å²) in [6, 6.07) is 0. The molecule has 0 aromatic heterocycles. The van der Waals surface area contributed by atoms with E-state index in [-0.39, 0.29) is 63.2 Å². The topological polar surface area (TPSA) is 197 Å². The fourth-order valence-electron chi connectivity index (χ4n) is 0.704. The number of hydrogen-bond donors (Lipinski definition) is 1. The molecule has 0 saturated carbocycles. The van der Waals surface area contributed by atoms with Gasteiger partial charge in [-0.05, 0) is 13.0 Å². The maximum absolute atomic E-state index is 9.29. The Bertz CT molecular complexity index is 462. The Balaban J connectivity index is -0.0000000376. The third-order valence-electron chi connectivity index (χ3n) is 1.25. The molecule has 0 aliphatic carbocycles. The van der Waals surface area contributed by atoms with E-state index < -0.39 is 22.8 Å². The van der Waals surface area contributed by atoms with Gasteiger partial charge in [0.25, 0.3) is 0 Å². The predicted molar refractivity (Wildman–Crippen MR) is 129 cm³/mol. The standard InChI is InChI=1S/C8H17N.3Mo.4H3O2PS2/c1-3-5-6-8-9-7-4-2;;;;4*1-3(2,4)5/h4,9H,2-3,5-8H2,1H3;;;;4*(H3,1,2,4,5)/q;3*+4;;;;/p-12. The Kier molecular flexibility index (Phi) is 61.8. The molecular formula is C8H17Mo3NO8P4S8. The third kappa shape index (κ3) is 321. The van der Waals surface area contributed by atoms with Gasteiger partial charge < -0.3 is 116 Å². The van der Waals surface area contributed by atoms with E-state index in [1.165, 1.54) is 19.3 Å². The molecule has 0 amide bonds. The summed E-state index contributed by atoms with van der Waals surface area (Å²) in [7, 11) is 0. The van der Waals surface area contributed by atoms with Crippen LogP contribution in [0.25, 0.3) is 0 Å². The smallest absolute Gasteiger partial charge is 0.850 e. The van der Waals surface area contributed by atoms with Crippen LogP contribution in [0.1, 0.15) is 26.2 Å². The summed E-state index contributed by atoms with van der Waals surface area (Å²) in [6.07, 6.45) is 5.83. The molecule has 9 nitrogen and oxygen atoms in total. The van der Waals surface area contributed by atoms with Crippen LogP contribution in [-0.2, 0) is 159 Å². The van der Waals surface area contributed by atoms with Gasteiger partial charge in [-0.25, -0.2) is 0 Å². The molecule has 0 fully saturated rings. The van der Waals surface area contributed by atoms with E-state index >= 15 is 0 Å². The summed E-state index contributed by atoms with van der Waals surface area (Å²) < 4.78 is 0. The minimum absolute atomic E-state index is 0. The van der Waals surface area contributed by atoms with Gasteiger partial charge in [0.15, 0.2) is 0 Å². The van der Waals surface area contributed by atoms with Gasteiger partial charge in [0, 0.05) is 6.54 Å². The first kappa shape index (κ1) is 57.4. The molecule has 188 valence electrons. The Hall–Kier alpha value is 5.44. The maximum Gasteiger partial charge on any atom is 4.00 e. The molecule has 0 radical (unpaired) electrons. The first-order valence-electron chi connectivity index (χ1n) is 6.65. The van der Waals surface area contributed by atoms with E-state index in [1.807, 2.05) is 6.08 Å². The molecule has 0 bridgehead atoms. The van der Waals surface area contributed by atoms with Crippen molar-refractivity contribution in [1.82, 2.24) is 5.32 Å². The molecule has 0 rings (SSSR count). The van der Waals surface area contributed by atoms with E-state index in [9.17, 15) is 39.1 Å². The van der Waals surface area contributed by atoms with Gasteiger partial charge in [-0.3, -0.25) is 0 Å². The summed E-state index contributed by atoms with van der Waals surface area (Å²) in [6.45, 7) is 7.92. The first-order chi connectivity index (χ1) is 12.4. The van der Waals surface area contributed by atoms with Crippen molar-refractivity contribution in [2.75, 3.05) is 13.1 Å². The van der Waals surface area contributed by atoms with E-state index in [2.05, 4.69) is 115 Å². The zero-order chi connectivity index (χ0) is 24.9. The van der Waals surface area contributed by atoms with Crippen LogP contribution in [0.15, 0.2) is 12.7 Å². The van der Waals surface area contributed by atoms with Gasteiger partial charge in [-0.2, -0.15) is 47.2 Å². The van der Waals surface area contributed by atoms with Crippen LogP contribution in [0.4, 0.5) is 0 Å². The van der Waals surface area contributed by atoms with Crippen LogP contribution in [-0.4, -0.2) is 13.1 Å². The Morgan fingerprint density at radius 1 is 0.688 bits per heavy atom. The second-order valence-electron chi connectivity index (χ2n) is 3.99. The molecule has 1 N–H and O–H groups in total. The van der Waals surface area contributed by atoms with Crippen LogP contribution < -0.4 is 44.5 Å². The van der Waals surface area contributed by atoms with Crippen molar-refractivity contribution in [2.45, 2.75) is 26.2 Å². The summed E-state index contributed by atoms with van der Waals surface area (Å²) in [4.78, 5) is 74.3. The van der Waals surface area contributed by atoms with E-state index in [0.29, 0.717) is 0 Å². The molecule has 0 unspecified atom stereocenters. The summed E-state index contributed by atoms with van der Waals surface area (Å²) in [5.41, 5.74) is -14.9. The average molecular weight is 923 g/mol. The van der Waals surface area contributed by atoms with Crippen LogP contribution in [0, 0.1) is 0 Å². The van der Waals surface area contributed by atoms with Crippen LogP contribution in [0.5, 0.6) is 0 Å². The van der Waals surface area contributed by atoms with Crippen LogP contribution in [0.2, 0.25) is 0 Å². The van der Waals surface area contributed by atoms with Crippen molar-refractivity contribution in [3.63, 3.8) is 0 Å². The predicted octanol–water partition coefficient (Wildman–Crippen LogP) is -4.14. The van der Waals surface area contributed by atoms with E-state index in [4.69, 9.17) is 0 Å². The summed E-state index contributed by atoms with van der Waals surface area (Å²) >= 11 is 29.1. The Morgan fingerprint density at radius 2 is 0.906 bits per heavy atom. The minimum atomic E-state index is -3.72. The van der Waals surface area contributed by atoms with Crippen LogP contribution >= 0.6 is 22.8 Å². The number of rotatable bonds is 6. The SMILES string of the molecule is C=CCNCCCCC.[Mo+4].[Mo+4].[Mo+4].[O-]P([O-])(=S)[S-].[O-]P([O-])(=S)[S-].[O-]P([O-])(=S)[S-].[O-]P([O-])(=S)[S-]. The van der Waals surface area contributed by atoms with E-state index in [1.54, 1.807) is 0 Å². The van der Waals surface area contributed by atoms with Gasteiger partial charge >= 0.3 is 63.2 Å². The Morgan fingerprint density at radius 3 is 1.06 bits per heavy atom. The monoisotopic (exact) mass is 928 g/mol. The van der Waals surface area contributed by atoms with Gasteiger partial charge in [-0.15, -0.1) is 6.58 Å². The van der Waals surface area contributed by atoms with Gasteiger partial charge in [0.1, 0.15) is 0 Å². The van der Waals surface area contributed by atoms with Crippen molar-refractivity contribution in [1.29, 1.82) is 0 Å². The first-order valence-corrected chi connectivity index (χ1v) is 21.3. The molecular weight excluding hydrogens is 906 g/mol. The van der Waals surface area contributed by atoms with Gasteiger partial charge in [0.2, 0.25) is 0 Å². The van der Waals surface area contributed by atoms with Gasteiger partial charge in [-0.1, -0.05) is 25.8 Å².